The van der Waals surface area contributed by atoms with E-state index in [1.54, 1.807) is 0 Å². The Hall–Kier alpha value is -0.510. The summed E-state index contributed by atoms with van der Waals surface area (Å²) in [5.74, 6) is 2.83. The van der Waals surface area contributed by atoms with Crippen molar-refractivity contribution in [1.29, 1.82) is 0 Å². The lowest BCUT2D eigenvalue weighted by Crippen LogP contribution is -2.47. The highest BCUT2D eigenvalue weighted by Crippen LogP contribution is 2.35. The van der Waals surface area contributed by atoms with Crippen molar-refractivity contribution in [3.63, 3.8) is 0 Å². The number of rotatable bonds is 3. The molecule has 1 aliphatic carbocycles. The quantitative estimate of drug-likeness (QED) is 0.926. The van der Waals surface area contributed by atoms with E-state index < -0.39 is 0 Å². The highest BCUT2D eigenvalue weighted by atomic mass is 32.2. The highest BCUT2D eigenvalue weighted by Gasteiger charge is 2.30. The van der Waals surface area contributed by atoms with Crippen LogP contribution in [0.1, 0.15) is 36.3 Å². The number of thioether (sulfide) groups is 1. The van der Waals surface area contributed by atoms with E-state index in [1.807, 2.05) is 11.8 Å². The van der Waals surface area contributed by atoms with E-state index in [2.05, 4.69) is 36.2 Å². The van der Waals surface area contributed by atoms with Crippen LogP contribution in [0.3, 0.4) is 0 Å². The first-order valence-corrected chi connectivity index (χ1v) is 8.95. The smallest absolute Gasteiger partial charge is 0.0709 e. The Bertz CT molecular complexity index is 450. The van der Waals surface area contributed by atoms with Crippen LogP contribution in [0.4, 0.5) is 0 Å². The monoisotopic (exact) mass is 291 g/mol. The summed E-state index contributed by atoms with van der Waals surface area (Å²) in [7, 11) is 2.16. The Balaban J connectivity index is 1.69. The number of likely N-dealkylation sites (N-methyl/N-ethyl adjacent to an activating group) is 1. The summed E-state index contributed by atoms with van der Waals surface area (Å²) >= 11 is 1.98. The molecule has 1 fully saturated rings. The number of aryl methyl sites for hydroxylation is 1. The van der Waals surface area contributed by atoms with Crippen LogP contribution in [-0.4, -0.2) is 47.3 Å². The Kier molecular flexibility index (Phi) is 4.69. The van der Waals surface area contributed by atoms with Crippen LogP contribution < -0.4 is 0 Å². The van der Waals surface area contributed by atoms with Crippen molar-refractivity contribution in [3.05, 3.63) is 35.4 Å². The van der Waals surface area contributed by atoms with Gasteiger partial charge in [0.1, 0.15) is 0 Å². The van der Waals surface area contributed by atoms with Gasteiger partial charge in [0.2, 0.25) is 0 Å². The molecule has 3 rings (SSSR count). The molecule has 1 aliphatic heterocycles. The van der Waals surface area contributed by atoms with Crippen molar-refractivity contribution in [2.24, 2.45) is 0 Å². The molecule has 3 heteroatoms. The van der Waals surface area contributed by atoms with Crippen LogP contribution in [-0.2, 0) is 6.42 Å². The zero-order valence-corrected chi connectivity index (χ0v) is 13.1. The lowest BCUT2D eigenvalue weighted by Gasteiger charge is -2.37. The number of nitrogens with zero attached hydrogens (tertiary/aromatic N) is 1. The molecule has 2 aliphatic rings. The third-order valence-electron chi connectivity index (χ3n) is 4.91. The van der Waals surface area contributed by atoms with Crippen molar-refractivity contribution >= 4 is 11.8 Å². The second-order valence-corrected chi connectivity index (χ2v) is 7.36. The molecule has 1 aromatic carbocycles. The fourth-order valence-corrected chi connectivity index (χ4v) is 4.96. The molecule has 20 heavy (non-hydrogen) atoms. The lowest BCUT2D eigenvalue weighted by molar-refractivity contribution is 0.0624. The van der Waals surface area contributed by atoms with Gasteiger partial charge in [0.05, 0.1) is 6.10 Å². The number of benzene rings is 1. The van der Waals surface area contributed by atoms with E-state index in [1.165, 1.54) is 36.1 Å². The second-order valence-electron chi connectivity index (χ2n) is 6.21. The number of fused-ring (bicyclic) bond motifs is 1. The van der Waals surface area contributed by atoms with E-state index in [0.717, 1.165) is 18.7 Å². The molecule has 3 unspecified atom stereocenters. The molecule has 0 bridgehead atoms. The molecule has 1 saturated heterocycles. The van der Waals surface area contributed by atoms with E-state index in [-0.39, 0.29) is 6.10 Å². The van der Waals surface area contributed by atoms with Crippen LogP contribution in [0.25, 0.3) is 0 Å². The fraction of sp³-hybridized carbons (Fsp3) is 0.647. The summed E-state index contributed by atoms with van der Waals surface area (Å²) in [5, 5.41) is 10.7. The maximum absolute atomic E-state index is 10.7. The molecule has 1 heterocycles. The van der Waals surface area contributed by atoms with Gasteiger partial charge in [-0.1, -0.05) is 24.3 Å². The molecule has 0 saturated carbocycles. The minimum Gasteiger partial charge on any atom is -0.391 e. The first-order chi connectivity index (χ1) is 9.75. The largest absolute Gasteiger partial charge is 0.391 e. The van der Waals surface area contributed by atoms with Gasteiger partial charge in [0, 0.05) is 24.1 Å². The number of aliphatic hydroxyl groups is 1. The van der Waals surface area contributed by atoms with E-state index >= 15 is 0 Å². The fourth-order valence-electron chi connectivity index (χ4n) is 3.66. The molecular weight excluding hydrogens is 266 g/mol. The number of hydrogen-bond donors (Lipinski definition) is 1. The van der Waals surface area contributed by atoms with E-state index in [4.69, 9.17) is 0 Å². The van der Waals surface area contributed by atoms with Crippen molar-refractivity contribution in [3.8, 4) is 0 Å². The molecule has 0 aromatic heterocycles. The van der Waals surface area contributed by atoms with E-state index in [9.17, 15) is 5.11 Å². The molecule has 3 atom stereocenters. The summed E-state index contributed by atoms with van der Waals surface area (Å²) in [6, 6.07) is 9.15. The Morgan fingerprint density at radius 2 is 2.25 bits per heavy atom. The summed E-state index contributed by atoms with van der Waals surface area (Å²) in [6.45, 7) is 1.10. The van der Waals surface area contributed by atoms with Crippen LogP contribution >= 0.6 is 11.8 Å². The summed E-state index contributed by atoms with van der Waals surface area (Å²) in [5.41, 5.74) is 2.99. The van der Waals surface area contributed by atoms with Gasteiger partial charge in [0.15, 0.2) is 0 Å². The van der Waals surface area contributed by atoms with Gasteiger partial charge in [-0.3, -0.25) is 4.90 Å². The molecule has 0 radical (unpaired) electrons. The topological polar surface area (TPSA) is 23.5 Å². The molecule has 0 spiro atoms. The molecular formula is C17H25NOS. The minimum atomic E-state index is -0.191. The van der Waals surface area contributed by atoms with Crippen LogP contribution in [0.5, 0.6) is 0 Å². The van der Waals surface area contributed by atoms with Gasteiger partial charge in [-0.05, 0) is 49.8 Å². The van der Waals surface area contributed by atoms with Gasteiger partial charge in [-0.2, -0.15) is 11.8 Å². The average molecular weight is 291 g/mol. The van der Waals surface area contributed by atoms with E-state index in [0.29, 0.717) is 12.0 Å². The zero-order valence-electron chi connectivity index (χ0n) is 12.3. The molecule has 110 valence electrons. The predicted octanol–water partition coefficient (Wildman–Crippen LogP) is 2.90. The maximum atomic E-state index is 10.7. The summed E-state index contributed by atoms with van der Waals surface area (Å²) in [6.07, 6.45) is 4.44. The summed E-state index contributed by atoms with van der Waals surface area (Å²) in [4.78, 5) is 2.34. The third kappa shape index (κ3) is 3.05. The standard InChI is InChI=1S/C17H25NOS/c1-18-9-10-20-12-16(18)17(19)11-14-7-4-6-13-5-2-3-8-15(13)14/h2-3,5,8,14,16-17,19H,4,6-7,9-12H2,1H3. The SMILES string of the molecule is CN1CCSCC1C(O)CC1CCCc2ccccc21. The Morgan fingerprint density at radius 1 is 1.40 bits per heavy atom. The second kappa shape index (κ2) is 6.50. The Labute approximate surface area is 126 Å². The van der Waals surface area contributed by atoms with Gasteiger partial charge in [-0.25, -0.2) is 0 Å². The van der Waals surface area contributed by atoms with Gasteiger partial charge in [0.25, 0.3) is 0 Å². The summed E-state index contributed by atoms with van der Waals surface area (Å²) < 4.78 is 0. The first-order valence-electron chi connectivity index (χ1n) is 7.79. The van der Waals surface area contributed by atoms with Gasteiger partial charge >= 0.3 is 0 Å². The first kappa shape index (κ1) is 14.4. The average Bonchev–Trinajstić information content (AvgIpc) is 2.48. The number of aliphatic hydroxyl groups excluding tert-OH is 1. The van der Waals surface area contributed by atoms with Crippen LogP contribution in [0.15, 0.2) is 24.3 Å². The third-order valence-corrected chi connectivity index (χ3v) is 5.96. The maximum Gasteiger partial charge on any atom is 0.0709 e. The van der Waals surface area contributed by atoms with Crippen LogP contribution in [0.2, 0.25) is 0 Å². The molecule has 0 amide bonds. The van der Waals surface area contributed by atoms with Gasteiger partial charge in [-0.15, -0.1) is 0 Å². The van der Waals surface area contributed by atoms with Crippen molar-refractivity contribution in [1.82, 2.24) is 4.90 Å². The van der Waals surface area contributed by atoms with Crippen molar-refractivity contribution in [2.75, 3.05) is 25.1 Å². The van der Waals surface area contributed by atoms with Crippen LogP contribution in [0, 0.1) is 0 Å². The van der Waals surface area contributed by atoms with Crippen molar-refractivity contribution in [2.45, 2.75) is 43.7 Å². The normalized spacial score (nSPS) is 28.9. The number of hydrogen-bond acceptors (Lipinski definition) is 3. The van der Waals surface area contributed by atoms with Crippen molar-refractivity contribution < 1.29 is 5.11 Å². The van der Waals surface area contributed by atoms with Gasteiger partial charge < -0.3 is 5.11 Å². The lowest BCUT2D eigenvalue weighted by atomic mass is 9.79. The highest BCUT2D eigenvalue weighted by molar-refractivity contribution is 7.99. The molecule has 2 nitrogen and oxygen atoms in total. The molecule has 1 aromatic rings. The zero-order chi connectivity index (χ0) is 13.9. The molecule has 1 N–H and O–H groups in total. The Morgan fingerprint density at radius 3 is 3.10 bits per heavy atom. The minimum absolute atomic E-state index is 0.191. The predicted molar refractivity (Wildman–Crippen MR) is 86.5 cm³/mol.